The van der Waals surface area contributed by atoms with Crippen LogP contribution in [0.15, 0.2) is 47.5 Å². The molecule has 176 valence electrons. The summed E-state index contributed by atoms with van der Waals surface area (Å²) in [6.45, 7) is 6.31. The van der Waals surface area contributed by atoms with E-state index in [1.165, 1.54) is 4.31 Å². The van der Waals surface area contributed by atoms with Crippen LogP contribution in [0.2, 0.25) is 0 Å². The highest BCUT2D eigenvalue weighted by Crippen LogP contribution is 2.35. The number of nitrogens with zero attached hydrogens (tertiary/aromatic N) is 3. The number of aromatic nitrogens is 2. The molecule has 9 heteroatoms. The second-order valence-corrected chi connectivity index (χ2v) is 10.7. The minimum Gasteiger partial charge on any atom is -0.491 e. The number of pyridine rings is 1. The number of carboxylic acids is 1. The third-order valence-corrected chi connectivity index (χ3v) is 7.73. The normalized spacial score (nSPS) is 17.5. The van der Waals surface area contributed by atoms with Crippen LogP contribution in [-0.4, -0.2) is 52.5 Å². The second kappa shape index (κ2) is 9.15. The first-order chi connectivity index (χ1) is 15.6. The number of benzene rings is 1. The summed E-state index contributed by atoms with van der Waals surface area (Å²) < 4.78 is 35.5. The summed E-state index contributed by atoms with van der Waals surface area (Å²) in [5.74, 6) is -0.354. The van der Waals surface area contributed by atoms with E-state index >= 15 is 0 Å². The maximum atomic E-state index is 13.3. The van der Waals surface area contributed by atoms with Crippen molar-refractivity contribution in [2.24, 2.45) is 0 Å². The van der Waals surface area contributed by atoms with E-state index < -0.39 is 16.0 Å². The van der Waals surface area contributed by atoms with Crippen molar-refractivity contribution in [3.05, 3.63) is 53.9 Å². The largest absolute Gasteiger partial charge is 0.491 e. The zero-order valence-electron chi connectivity index (χ0n) is 19.1. The van der Waals surface area contributed by atoms with Crippen molar-refractivity contribution in [2.45, 2.75) is 57.1 Å². The van der Waals surface area contributed by atoms with Crippen molar-refractivity contribution >= 4 is 27.0 Å². The van der Waals surface area contributed by atoms with Gasteiger partial charge in [-0.3, -0.25) is 4.79 Å². The number of carboxylic acid groups (broad SMARTS) is 1. The lowest BCUT2D eigenvalue weighted by atomic mass is 9.92. The fraction of sp³-hybridized carbons (Fsp3) is 0.417. The molecule has 0 amide bonds. The molecule has 1 aliphatic rings. The number of aryl methyl sites for hydroxylation is 1. The number of sulfonamides is 1. The van der Waals surface area contributed by atoms with Gasteiger partial charge in [-0.2, -0.15) is 4.31 Å². The number of fused-ring (bicyclic) bond motifs is 1. The monoisotopic (exact) mass is 471 g/mol. The van der Waals surface area contributed by atoms with Gasteiger partial charge in [0.25, 0.3) is 0 Å². The predicted octanol–water partition coefficient (Wildman–Crippen LogP) is 3.78. The molecular formula is C24H29N3O5S. The Kier molecular flexibility index (Phi) is 6.45. The summed E-state index contributed by atoms with van der Waals surface area (Å²) >= 11 is 0. The zero-order valence-corrected chi connectivity index (χ0v) is 19.9. The number of ether oxygens (including phenoxy) is 1. The van der Waals surface area contributed by atoms with Gasteiger partial charge in [0.15, 0.2) is 0 Å². The average molecular weight is 472 g/mol. The summed E-state index contributed by atoms with van der Waals surface area (Å²) in [5, 5.41) is 10.2. The maximum absolute atomic E-state index is 13.3. The van der Waals surface area contributed by atoms with E-state index in [-0.39, 0.29) is 23.5 Å². The molecule has 0 saturated carbocycles. The van der Waals surface area contributed by atoms with Crippen molar-refractivity contribution in [3.63, 3.8) is 0 Å². The summed E-state index contributed by atoms with van der Waals surface area (Å²) in [6.07, 6.45) is 3.39. The molecule has 4 rings (SSSR count). The Hall–Kier alpha value is -2.91. The Balaban J connectivity index is 1.62. The highest BCUT2D eigenvalue weighted by Gasteiger charge is 2.32. The van der Waals surface area contributed by atoms with Crippen LogP contribution in [0.1, 0.15) is 43.9 Å². The van der Waals surface area contributed by atoms with Crippen LogP contribution in [0, 0.1) is 6.92 Å². The van der Waals surface area contributed by atoms with E-state index in [2.05, 4.69) is 4.98 Å². The number of rotatable bonds is 7. The molecule has 1 atom stereocenters. The van der Waals surface area contributed by atoms with Gasteiger partial charge in [-0.25, -0.2) is 13.4 Å². The molecule has 1 saturated heterocycles. The molecule has 1 N–H and O–H groups in total. The molecule has 8 nitrogen and oxygen atoms in total. The second-order valence-electron chi connectivity index (χ2n) is 8.77. The Morgan fingerprint density at radius 2 is 1.94 bits per heavy atom. The average Bonchev–Trinajstić information content (AvgIpc) is 3.10. The Morgan fingerprint density at radius 1 is 1.21 bits per heavy atom. The van der Waals surface area contributed by atoms with E-state index in [1.54, 1.807) is 28.8 Å². The van der Waals surface area contributed by atoms with Gasteiger partial charge < -0.3 is 14.4 Å². The highest BCUT2D eigenvalue weighted by molar-refractivity contribution is 7.89. The fourth-order valence-corrected chi connectivity index (χ4v) is 5.93. The van der Waals surface area contributed by atoms with Gasteiger partial charge in [0.2, 0.25) is 10.0 Å². The molecule has 3 heterocycles. The van der Waals surface area contributed by atoms with E-state index in [0.29, 0.717) is 24.5 Å². The molecule has 3 aromatic rings. The van der Waals surface area contributed by atoms with Gasteiger partial charge >= 0.3 is 5.97 Å². The number of aliphatic carboxylic acids is 1. The van der Waals surface area contributed by atoms with Crippen LogP contribution >= 0.6 is 0 Å². The standard InChI is InChI=1S/C24H29N3O5S/c1-16(2)32-19-7-9-20(10-8-19)33(30,31)27-12-4-5-18(13-27)22-14-26(15-23(28)29)24-21(22)11-6-17(3)25-24/h6-11,14,16,18H,4-5,12-13,15H2,1-3H3,(H,28,29). The van der Waals surface area contributed by atoms with Gasteiger partial charge in [0, 0.05) is 30.4 Å². The van der Waals surface area contributed by atoms with Gasteiger partial charge in [0.1, 0.15) is 17.9 Å². The lowest BCUT2D eigenvalue weighted by Crippen LogP contribution is -2.39. The van der Waals surface area contributed by atoms with Gasteiger partial charge in [-0.15, -0.1) is 0 Å². The lowest BCUT2D eigenvalue weighted by Gasteiger charge is -2.32. The molecule has 0 bridgehead atoms. The van der Waals surface area contributed by atoms with Crippen molar-refractivity contribution in [1.82, 2.24) is 13.9 Å². The molecule has 0 radical (unpaired) electrons. The Labute approximate surface area is 193 Å². The molecule has 0 aliphatic carbocycles. The smallest absolute Gasteiger partial charge is 0.323 e. The quantitative estimate of drug-likeness (QED) is 0.563. The molecule has 1 aromatic carbocycles. The minimum absolute atomic E-state index is 0.0110. The van der Waals surface area contributed by atoms with Crippen LogP contribution in [0.5, 0.6) is 5.75 Å². The first-order valence-corrected chi connectivity index (χ1v) is 12.5. The lowest BCUT2D eigenvalue weighted by molar-refractivity contribution is -0.137. The predicted molar refractivity (Wildman–Crippen MR) is 125 cm³/mol. The van der Waals surface area contributed by atoms with Crippen molar-refractivity contribution in [1.29, 1.82) is 0 Å². The Morgan fingerprint density at radius 3 is 2.61 bits per heavy atom. The van der Waals surface area contributed by atoms with Crippen molar-refractivity contribution in [3.8, 4) is 5.75 Å². The molecule has 2 aromatic heterocycles. The van der Waals surface area contributed by atoms with E-state index in [9.17, 15) is 18.3 Å². The summed E-state index contributed by atoms with van der Waals surface area (Å²) in [6, 6.07) is 10.4. The van der Waals surface area contributed by atoms with Crippen LogP contribution in [0.25, 0.3) is 11.0 Å². The van der Waals surface area contributed by atoms with Gasteiger partial charge in [-0.05, 0) is 81.5 Å². The number of hydrogen-bond acceptors (Lipinski definition) is 5. The van der Waals surface area contributed by atoms with Crippen LogP contribution < -0.4 is 4.74 Å². The molecule has 33 heavy (non-hydrogen) atoms. The van der Waals surface area contributed by atoms with Crippen LogP contribution in [0.3, 0.4) is 0 Å². The van der Waals surface area contributed by atoms with Crippen LogP contribution in [0.4, 0.5) is 0 Å². The molecule has 1 aliphatic heterocycles. The third kappa shape index (κ3) is 4.89. The van der Waals surface area contributed by atoms with E-state index in [4.69, 9.17) is 4.74 Å². The first kappa shape index (κ1) is 23.3. The molecule has 1 fully saturated rings. The highest BCUT2D eigenvalue weighted by atomic mass is 32.2. The van der Waals surface area contributed by atoms with Gasteiger partial charge in [0.05, 0.1) is 11.0 Å². The minimum atomic E-state index is -3.66. The van der Waals surface area contributed by atoms with Gasteiger partial charge in [-0.1, -0.05) is 0 Å². The number of piperidine rings is 1. The number of hydrogen-bond donors (Lipinski definition) is 1. The van der Waals surface area contributed by atoms with Crippen molar-refractivity contribution < 1.29 is 23.1 Å². The topological polar surface area (TPSA) is 102 Å². The number of carbonyl (C=O) groups is 1. The Bertz CT molecular complexity index is 1270. The summed E-state index contributed by atoms with van der Waals surface area (Å²) in [5.41, 5.74) is 2.36. The molecular weight excluding hydrogens is 442 g/mol. The maximum Gasteiger partial charge on any atom is 0.323 e. The fourth-order valence-electron chi connectivity index (χ4n) is 4.40. The van der Waals surface area contributed by atoms with E-state index in [1.807, 2.05) is 39.1 Å². The van der Waals surface area contributed by atoms with Crippen molar-refractivity contribution in [2.75, 3.05) is 13.1 Å². The summed E-state index contributed by atoms with van der Waals surface area (Å²) in [7, 11) is -3.66. The SMILES string of the molecule is Cc1ccc2c(C3CCCN(S(=O)(=O)c4ccc(OC(C)C)cc4)C3)cn(CC(=O)O)c2n1. The third-order valence-electron chi connectivity index (χ3n) is 5.86. The summed E-state index contributed by atoms with van der Waals surface area (Å²) in [4.78, 5) is 16.1. The molecule has 0 spiro atoms. The van der Waals surface area contributed by atoms with Crippen LogP contribution in [-0.2, 0) is 21.4 Å². The van der Waals surface area contributed by atoms with E-state index in [0.717, 1.165) is 29.5 Å². The zero-order chi connectivity index (χ0) is 23.8. The first-order valence-electron chi connectivity index (χ1n) is 11.1. The molecule has 1 unspecified atom stereocenters.